The Hall–Kier alpha value is -1.68. The second-order valence-electron chi connectivity index (χ2n) is 4.04. The standard InChI is InChI=1S/C12H14N2O2/c1-8-6-13-11(12(16)14-8)10-4-2-9(7-15)3-5-10/h2-5,7-8,11,13H,6H2,1H3,(H,14,16)/t8-,11+/m1/s1. The average Bonchev–Trinajstić information content (AvgIpc) is 2.29. The maximum atomic E-state index is 11.7. The van der Waals surface area contributed by atoms with Crippen molar-refractivity contribution in [1.82, 2.24) is 10.6 Å². The Morgan fingerprint density at radius 2 is 2.00 bits per heavy atom. The molecule has 1 aromatic carbocycles. The van der Waals surface area contributed by atoms with Crippen molar-refractivity contribution in [2.75, 3.05) is 6.54 Å². The first-order valence-electron chi connectivity index (χ1n) is 5.29. The second kappa shape index (κ2) is 4.45. The van der Waals surface area contributed by atoms with Crippen LogP contribution in [0.15, 0.2) is 24.3 Å². The largest absolute Gasteiger partial charge is 0.351 e. The summed E-state index contributed by atoms with van der Waals surface area (Å²) < 4.78 is 0. The zero-order valence-electron chi connectivity index (χ0n) is 9.07. The number of aldehydes is 1. The molecule has 0 spiro atoms. The number of nitrogens with one attached hydrogen (secondary N) is 2. The van der Waals surface area contributed by atoms with Crippen molar-refractivity contribution in [2.45, 2.75) is 19.0 Å². The van der Waals surface area contributed by atoms with Crippen LogP contribution in [0.2, 0.25) is 0 Å². The van der Waals surface area contributed by atoms with Crippen molar-refractivity contribution < 1.29 is 9.59 Å². The Morgan fingerprint density at radius 3 is 2.56 bits per heavy atom. The Bertz CT molecular complexity index is 400. The van der Waals surface area contributed by atoms with Crippen molar-refractivity contribution in [2.24, 2.45) is 0 Å². The van der Waals surface area contributed by atoms with Gasteiger partial charge in [0.05, 0.1) is 0 Å². The molecule has 1 saturated heterocycles. The fourth-order valence-electron chi connectivity index (χ4n) is 1.80. The van der Waals surface area contributed by atoms with Crippen molar-refractivity contribution in [3.8, 4) is 0 Å². The van der Waals surface area contributed by atoms with E-state index in [1.165, 1.54) is 0 Å². The highest BCUT2D eigenvalue weighted by Crippen LogP contribution is 2.16. The van der Waals surface area contributed by atoms with Gasteiger partial charge in [-0.15, -0.1) is 0 Å². The molecule has 4 heteroatoms. The zero-order chi connectivity index (χ0) is 11.5. The molecule has 0 saturated carbocycles. The lowest BCUT2D eigenvalue weighted by Crippen LogP contribution is -2.52. The summed E-state index contributed by atoms with van der Waals surface area (Å²) in [5.74, 6) is -0.0161. The number of benzene rings is 1. The van der Waals surface area contributed by atoms with Gasteiger partial charge in [0.25, 0.3) is 0 Å². The number of amides is 1. The third-order valence-electron chi connectivity index (χ3n) is 2.68. The molecular formula is C12H14N2O2. The first kappa shape index (κ1) is 10.8. The molecule has 16 heavy (non-hydrogen) atoms. The van der Waals surface area contributed by atoms with Crippen LogP contribution in [0.25, 0.3) is 0 Å². The molecule has 0 aliphatic carbocycles. The third-order valence-corrected chi connectivity index (χ3v) is 2.68. The zero-order valence-corrected chi connectivity index (χ0v) is 9.07. The molecule has 0 unspecified atom stereocenters. The molecule has 1 amide bonds. The third kappa shape index (κ3) is 2.12. The van der Waals surface area contributed by atoms with Gasteiger partial charge in [-0.25, -0.2) is 0 Å². The molecule has 1 fully saturated rings. The van der Waals surface area contributed by atoms with E-state index in [2.05, 4.69) is 10.6 Å². The number of carbonyl (C=O) groups excluding carboxylic acids is 2. The quantitative estimate of drug-likeness (QED) is 0.716. The lowest BCUT2D eigenvalue weighted by molar-refractivity contribution is -0.125. The molecule has 2 N–H and O–H groups in total. The van der Waals surface area contributed by atoms with Gasteiger partial charge in [-0.05, 0) is 12.5 Å². The van der Waals surface area contributed by atoms with Crippen LogP contribution in [0.4, 0.5) is 0 Å². The molecule has 4 nitrogen and oxygen atoms in total. The Balaban J connectivity index is 2.17. The molecule has 2 rings (SSSR count). The summed E-state index contributed by atoms with van der Waals surface area (Å²) in [4.78, 5) is 22.2. The van der Waals surface area contributed by atoms with Crippen molar-refractivity contribution in [3.63, 3.8) is 0 Å². The van der Waals surface area contributed by atoms with Crippen LogP contribution in [0, 0.1) is 0 Å². The van der Waals surface area contributed by atoms with Gasteiger partial charge >= 0.3 is 0 Å². The summed E-state index contributed by atoms with van der Waals surface area (Å²) in [5.41, 5.74) is 1.50. The average molecular weight is 218 g/mol. The molecule has 0 aromatic heterocycles. The fourth-order valence-corrected chi connectivity index (χ4v) is 1.80. The van der Waals surface area contributed by atoms with Crippen molar-refractivity contribution >= 4 is 12.2 Å². The Kier molecular flexibility index (Phi) is 3.01. The smallest absolute Gasteiger partial charge is 0.241 e. The second-order valence-corrected chi connectivity index (χ2v) is 4.04. The molecule has 0 bridgehead atoms. The number of piperazine rings is 1. The van der Waals surface area contributed by atoms with Crippen LogP contribution in [-0.4, -0.2) is 24.8 Å². The number of hydrogen-bond acceptors (Lipinski definition) is 3. The minimum Gasteiger partial charge on any atom is -0.351 e. The molecule has 0 radical (unpaired) electrons. The summed E-state index contributed by atoms with van der Waals surface area (Å²) >= 11 is 0. The Labute approximate surface area is 94.0 Å². The fraction of sp³-hybridized carbons (Fsp3) is 0.333. The highest BCUT2D eigenvalue weighted by atomic mass is 16.2. The van der Waals surface area contributed by atoms with Gasteiger partial charge < -0.3 is 10.6 Å². The normalized spacial score (nSPS) is 24.9. The predicted octanol–water partition coefficient (Wildman–Crippen LogP) is 0.648. The van der Waals surface area contributed by atoms with Gasteiger partial charge in [0.1, 0.15) is 12.3 Å². The van der Waals surface area contributed by atoms with Gasteiger partial charge in [-0.2, -0.15) is 0 Å². The minimum absolute atomic E-state index is 0.0161. The van der Waals surface area contributed by atoms with Crippen LogP contribution >= 0.6 is 0 Å². The molecular weight excluding hydrogens is 204 g/mol. The van der Waals surface area contributed by atoms with E-state index in [1.807, 2.05) is 6.92 Å². The summed E-state index contributed by atoms with van der Waals surface area (Å²) in [6.07, 6.45) is 0.792. The SMILES string of the molecule is C[C@@H]1CN[C@@H](c2ccc(C=O)cc2)C(=O)N1. The first-order chi connectivity index (χ1) is 7.70. The number of rotatable bonds is 2. The lowest BCUT2D eigenvalue weighted by atomic mass is 10.0. The van der Waals surface area contributed by atoms with Crippen LogP contribution in [0.3, 0.4) is 0 Å². The molecule has 84 valence electrons. The van der Waals surface area contributed by atoms with Crippen LogP contribution < -0.4 is 10.6 Å². The van der Waals surface area contributed by atoms with Crippen molar-refractivity contribution in [1.29, 1.82) is 0 Å². The highest BCUT2D eigenvalue weighted by molar-refractivity contribution is 5.84. The highest BCUT2D eigenvalue weighted by Gasteiger charge is 2.26. The molecule has 1 aliphatic heterocycles. The maximum Gasteiger partial charge on any atom is 0.241 e. The van der Waals surface area contributed by atoms with E-state index >= 15 is 0 Å². The summed E-state index contributed by atoms with van der Waals surface area (Å²) in [5, 5.41) is 6.06. The van der Waals surface area contributed by atoms with E-state index in [1.54, 1.807) is 24.3 Å². The van der Waals surface area contributed by atoms with E-state index in [0.29, 0.717) is 5.56 Å². The van der Waals surface area contributed by atoms with Crippen LogP contribution in [0.1, 0.15) is 28.9 Å². The monoisotopic (exact) mass is 218 g/mol. The topological polar surface area (TPSA) is 58.2 Å². The van der Waals surface area contributed by atoms with Crippen LogP contribution in [0.5, 0.6) is 0 Å². The van der Waals surface area contributed by atoms with E-state index in [9.17, 15) is 9.59 Å². The van der Waals surface area contributed by atoms with E-state index in [4.69, 9.17) is 0 Å². The number of carbonyl (C=O) groups is 2. The summed E-state index contributed by atoms with van der Waals surface area (Å²) in [6.45, 7) is 2.71. The molecule has 2 atom stereocenters. The Morgan fingerprint density at radius 1 is 1.31 bits per heavy atom. The van der Waals surface area contributed by atoms with E-state index in [0.717, 1.165) is 18.4 Å². The van der Waals surface area contributed by atoms with Gasteiger partial charge in [0.15, 0.2) is 0 Å². The predicted molar refractivity (Wildman–Crippen MR) is 60.2 cm³/mol. The number of hydrogen-bond donors (Lipinski definition) is 2. The minimum atomic E-state index is -0.308. The summed E-state index contributed by atoms with van der Waals surface area (Å²) in [6, 6.07) is 6.90. The van der Waals surface area contributed by atoms with Gasteiger partial charge in [0, 0.05) is 18.2 Å². The van der Waals surface area contributed by atoms with E-state index < -0.39 is 0 Å². The maximum absolute atomic E-state index is 11.7. The summed E-state index contributed by atoms with van der Waals surface area (Å²) in [7, 11) is 0. The molecule has 1 aliphatic rings. The van der Waals surface area contributed by atoms with Crippen molar-refractivity contribution in [3.05, 3.63) is 35.4 Å². The van der Waals surface area contributed by atoms with Gasteiger partial charge in [-0.3, -0.25) is 9.59 Å². The van der Waals surface area contributed by atoms with E-state index in [-0.39, 0.29) is 18.0 Å². The lowest BCUT2D eigenvalue weighted by Gasteiger charge is -2.28. The molecule has 1 aromatic rings. The van der Waals surface area contributed by atoms with Gasteiger partial charge in [0.2, 0.25) is 5.91 Å². The van der Waals surface area contributed by atoms with Gasteiger partial charge in [-0.1, -0.05) is 24.3 Å². The molecule has 1 heterocycles. The first-order valence-corrected chi connectivity index (χ1v) is 5.29. The van der Waals surface area contributed by atoms with Crippen LogP contribution in [-0.2, 0) is 4.79 Å².